The third kappa shape index (κ3) is 16.2. The number of halogens is 11. The molecule has 5 aromatic rings. The number of rotatable bonds is 9. The van der Waals surface area contributed by atoms with Crippen molar-refractivity contribution in [1.82, 2.24) is 0 Å². The van der Waals surface area contributed by atoms with E-state index in [1.54, 1.807) is 0 Å². The maximum absolute atomic E-state index is 2.52. The number of fused-ring (bicyclic) bond motifs is 3. The number of hydrogen-bond acceptors (Lipinski definition) is 1. The Morgan fingerprint density at radius 2 is 1.03 bits per heavy atom. The Morgan fingerprint density at radius 1 is 0.514 bits per heavy atom. The highest BCUT2D eigenvalue weighted by molar-refractivity contribution is 14.1. The van der Waals surface area contributed by atoms with Crippen molar-refractivity contribution in [2.24, 2.45) is 0 Å². The fraction of sp³-hybridized carbons (Fsp3) is 0.233. The maximum Gasteiger partial charge on any atom is 0.211 e. The molecular weight excluding hydrogens is 2070 g/mol. The summed E-state index contributed by atoms with van der Waals surface area (Å²) in [7, 11) is 6.53. The van der Waals surface area contributed by atoms with Gasteiger partial charge in [-0.25, -0.2) is 4.58 Å². The Morgan fingerprint density at radius 3 is 1.65 bits per heavy atom. The highest BCUT2D eigenvalue weighted by atomic mass is 127. The molecule has 0 atom stereocenters. The van der Waals surface area contributed by atoms with Crippen LogP contribution in [-0.4, -0.2) is 41.7 Å². The smallest absolute Gasteiger partial charge is 0.211 e. The van der Waals surface area contributed by atoms with Gasteiger partial charge in [0.1, 0.15) is 14.1 Å². The van der Waals surface area contributed by atoms with Crippen molar-refractivity contribution in [1.29, 1.82) is 0 Å². The molecule has 5 aromatic carbocycles. The molecule has 74 heavy (non-hydrogen) atoms. The first kappa shape index (κ1) is 69.3. The van der Waals surface area contributed by atoms with E-state index in [1.165, 1.54) is 90.6 Å². The van der Waals surface area contributed by atoms with Gasteiger partial charge in [0.25, 0.3) is 0 Å². The summed E-state index contributed by atoms with van der Waals surface area (Å²) < 4.78 is 15.4. The summed E-state index contributed by atoms with van der Waals surface area (Å²) in [5.74, 6) is 0. The minimum atomic E-state index is -0.0315. The second-order valence-electron chi connectivity index (χ2n) is 19.0. The maximum atomic E-state index is 2.52. The van der Waals surface area contributed by atoms with Gasteiger partial charge in [-0.3, -0.25) is 0 Å². The molecule has 0 aromatic heterocycles. The second kappa shape index (κ2) is 30.9. The monoisotopic (exact) mass is 2130 g/mol. The minimum absolute atomic E-state index is 0. The van der Waals surface area contributed by atoms with E-state index in [2.05, 4.69) is 404 Å². The first-order valence-electron chi connectivity index (χ1n) is 23.1. The van der Waals surface area contributed by atoms with Crippen LogP contribution in [0.5, 0.6) is 0 Å². The molecule has 3 heterocycles. The van der Waals surface area contributed by atoms with Gasteiger partial charge in [0, 0.05) is 83.1 Å². The van der Waals surface area contributed by atoms with Crippen molar-refractivity contribution in [2.75, 3.05) is 26.0 Å². The van der Waals surface area contributed by atoms with Gasteiger partial charge in [-0.2, -0.15) is 4.58 Å². The minimum Gasteiger partial charge on any atom is -1.00 e. The highest BCUT2D eigenvalue weighted by Crippen LogP contribution is 2.51. The van der Waals surface area contributed by atoms with Crippen molar-refractivity contribution < 1.29 is 69.5 Å². The number of nitrogens with zero attached hydrogens (tertiary/aromatic N) is 3. The lowest BCUT2D eigenvalue weighted by Gasteiger charge is -2.24. The zero-order valence-electron chi connectivity index (χ0n) is 42.8. The molecule has 392 valence electrons. The molecule has 8 rings (SSSR count). The third-order valence-electron chi connectivity index (χ3n) is 13.4. The third-order valence-corrected chi connectivity index (χ3v) is 25.1. The van der Waals surface area contributed by atoms with Gasteiger partial charge in [-0.05, 0) is 244 Å². The quantitative estimate of drug-likeness (QED) is 0.0619. The van der Waals surface area contributed by atoms with E-state index in [4.69, 9.17) is 0 Å². The Kier molecular flexibility index (Phi) is 28.9. The summed E-state index contributed by atoms with van der Waals surface area (Å²) in [4.78, 5) is 2.35. The molecule has 3 aliphatic heterocycles. The summed E-state index contributed by atoms with van der Waals surface area (Å²) >= 11 is 19.7. The van der Waals surface area contributed by atoms with Crippen LogP contribution in [0.15, 0.2) is 164 Å². The van der Waals surface area contributed by atoms with Gasteiger partial charge < -0.3 is 65.3 Å². The first-order chi connectivity index (χ1) is 33.5. The number of benzene rings is 5. The SMILES string of the molecule is C(=C\C=C\c1ccccc1)/C=C/Cc1ccccc1.CC1=[N+](C)c2cc(I)cc(I)c2C1(C)C.CN1/C(=C/C=C/C=C/C=C/C2=[N+](C)c3cc(I)c(I)c(I)c3C2(C)C)C(C)(C)c2c1cc(I)c(I)c2I.[Cl-].[I-].[I-]. The average molecular weight is 2130 g/mol. The summed E-state index contributed by atoms with van der Waals surface area (Å²) in [5, 5.41) is 0. The zero-order chi connectivity index (χ0) is 52.0. The summed E-state index contributed by atoms with van der Waals surface area (Å²) in [5.41, 5.74) is 15.1. The predicted octanol–water partition coefficient (Wildman–Crippen LogP) is 10.3. The van der Waals surface area contributed by atoms with E-state index in [-0.39, 0.29) is 76.6 Å². The van der Waals surface area contributed by atoms with E-state index >= 15 is 0 Å². The van der Waals surface area contributed by atoms with Crippen LogP contribution in [0.4, 0.5) is 17.1 Å². The zero-order valence-corrected chi connectivity index (χ0v) is 65.1. The highest BCUT2D eigenvalue weighted by Gasteiger charge is 2.46. The van der Waals surface area contributed by atoms with E-state index in [1.807, 2.05) is 24.3 Å². The fourth-order valence-electron chi connectivity index (χ4n) is 9.34. The van der Waals surface area contributed by atoms with Crippen LogP contribution in [0.1, 0.15) is 76.3 Å². The molecule has 0 bridgehead atoms. The van der Waals surface area contributed by atoms with Crippen LogP contribution >= 0.6 is 181 Å². The molecule has 0 saturated heterocycles. The molecule has 3 nitrogen and oxygen atoms in total. The van der Waals surface area contributed by atoms with Crippen LogP contribution in [0.2, 0.25) is 0 Å². The molecule has 0 radical (unpaired) electrons. The Bertz CT molecular complexity index is 3110. The number of hydrogen-bond donors (Lipinski definition) is 0. The van der Waals surface area contributed by atoms with Crippen LogP contribution < -0.4 is 65.3 Å². The molecule has 0 aliphatic carbocycles. The predicted molar refractivity (Wildman–Crippen MR) is 375 cm³/mol. The standard InChI is InChI=1S/C29H27I6N2.C19H18.C12H14I2N.ClH.2HI/c1-28(2)20(36(5)18-14-16(30)24(32)26(34)22(18)28)12-10-8-7-9-11-13-21-29(3,4)23-19(37(21)6)15-17(31)25(33)27(23)35;1(2-6-12-18-14-8-4-9-15-18)3-7-13-19-16-10-5-11-17-19;1-7-12(2,3)11-9(14)5-8(13)6-10(11)15(7)4;;;/h7-15H,1-6H3;1-12,14-17H,13H2;5-6H,1-4H3;3*1H/q+1;;+1;;;/p-3/b;2-1+,7-3+,12-6+;;;;. The molecule has 0 saturated carbocycles. The van der Waals surface area contributed by atoms with Gasteiger partial charge in [-0.1, -0.05) is 141 Å². The molecule has 0 amide bonds. The number of anilines is 1. The molecule has 3 aliphatic rings. The molecule has 0 N–H and O–H groups in total. The van der Waals surface area contributed by atoms with Crippen LogP contribution in [-0.2, 0) is 22.7 Å². The van der Waals surface area contributed by atoms with E-state index in [9.17, 15) is 0 Å². The molecule has 0 spiro atoms. The molecule has 0 unspecified atom stereocenters. The van der Waals surface area contributed by atoms with E-state index in [0.29, 0.717) is 0 Å². The summed E-state index contributed by atoms with van der Waals surface area (Å²) in [6, 6.07) is 29.9. The Labute approximate surface area is 591 Å². The van der Waals surface area contributed by atoms with Gasteiger partial charge >= 0.3 is 0 Å². The van der Waals surface area contributed by atoms with Gasteiger partial charge in [-0.15, -0.1) is 0 Å². The van der Waals surface area contributed by atoms with Gasteiger partial charge in [0.05, 0.1) is 22.0 Å². The summed E-state index contributed by atoms with van der Waals surface area (Å²) in [6.45, 7) is 16.2. The van der Waals surface area contributed by atoms with E-state index < -0.39 is 0 Å². The number of likely N-dealkylation sites (N-methyl/N-ethyl adjacent to an activating group) is 1. The Balaban J connectivity index is 0.000000326. The van der Waals surface area contributed by atoms with Crippen LogP contribution in [0, 0.1) is 28.6 Å². The lowest BCUT2D eigenvalue weighted by atomic mass is 9.81. The molecule has 0 fully saturated rings. The topological polar surface area (TPSA) is 9.26 Å². The second-order valence-corrected chi connectivity index (χ2v) is 28.1. The largest absolute Gasteiger partial charge is 1.00 e. The van der Waals surface area contributed by atoms with Crippen LogP contribution in [0.3, 0.4) is 0 Å². The normalized spacial score (nSPS) is 16.4. The Hall–Kier alpha value is 1.01. The van der Waals surface area contributed by atoms with Gasteiger partial charge in [0.15, 0.2) is 11.4 Å². The van der Waals surface area contributed by atoms with Gasteiger partial charge in [0.2, 0.25) is 11.4 Å². The average Bonchev–Trinajstić information content (AvgIpc) is 3.72. The van der Waals surface area contributed by atoms with Crippen LogP contribution in [0.25, 0.3) is 6.08 Å². The van der Waals surface area contributed by atoms with Crippen molar-refractivity contribution in [3.63, 3.8) is 0 Å². The lowest BCUT2D eigenvalue weighted by molar-refractivity contribution is -0.403. The van der Waals surface area contributed by atoms with Crippen molar-refractivity contribution in [3.05, 3.63) is 220 Å². The van der Waals surface area contributed by atoms with E-state index in [0.717, 1.165) is 6.42 Å². The first-order valence-corrected chi connectivity index (χ1v) is 31.8. The molecule has 14 heteroatoms. The molecular formula is C60H59ClI10N3-. The van der Waals surface area contributed by atoms with Crippen molar-refractivity contribution in [3.8, 4) is 0 Å². The summed E-state index contributed by atoms with van der Waals surface area (Å²) in [6.07, 6.45) is 28.7. The lowest BCUT2D eigenvalue weighted by Crippen LogP contribution is -3.00. The van der Waals surface area contributed by atoms with Crippen molar-refractivity contribution in [2.45, 2.75) is 71.1 Å². The van der Waals surface area contributed by atoms with Crippen molar-refractivity contribution >= 4 is 215 Å². The number of allylic oxidation sites excluding steroid dienone is 13. The fourth-order valence-corrected chi connectivity index (χ4v) is 17.3.